The molecule has 0 aliphatic carbocycles. The van der Waals surface area contributed by atoms with Crippen molar-refractivity contribution in [1.82, 2.24) is 5.32 Å². The second kappa shape index (κ2) is 5.70. The molecule has 4 heteroatoms. The number of carbonyl (C=O) groups excluding carboxylic acids is 3. The van der Waals surface area contributed by atoms with Crippen LogP contribution in [0.5, 0.6) is 0 Å². The molecule has 15 heavy (non-hydrogen) atoms. The Morgan fingerprint density at radius 3 is 2.40 bits per heavy atom. The number of amides is 1. The first-order chi connectivity index (χ1) is 7.27. The summed E-state index contributed by atoms with van der Waals surface area (Å²) >= 11 is 0. The Morgan fingerprint density at radius 1 is 1.20 bits per heavy atom. The summed E-state index contributed by atoms with van der Waals surface area (Å²) in [6.07, 6.45) is 1.77. The molecule has 1 rings (SSSR count). The van der Waals surface area contributed by atoms with Gasteiger partial charge in [-0.3, -0.25) is 9.59 Å². The van der Waals surface area contributed by atoms with E-state index in [2.05, 4.69) is 5.32 Å². The monoisotopic (exact) mass is 205 g/mol. The Labute approximate surface area is 87.3 Å². The minimum Gasteiger partial charge on any atom is -0.352 e. The molecule has 78 valence electrons. The molecule has 0 saturated heterocycles. The average molecular weight is 205 g/mol. The van der Waals surface area contributed by atoms with E-state index in [1.54, 1.807) is 24.3 Å². The number of carbonyl (C=O) groups is 3. The number of aldehydes is 2. The summed E-state index contributed by atoms with van der Waals surface area (Å²) in [4.78, 5) is 31.8. The maximum absolute atomic E-state index is 11.4. The van der Waals surface area contributed by atoms with E-state index < -0.39 is 0 Å². The van der Waals surface area contributed by atoms with E-state index in [-0.39, 0.29) is 5.91 Å². The highest BCUT2D eigenvalue weighted by Crippen LogP contribution is 2.02. The van der Waals surface area contributed by atoms with Gasteiger partial charge in [-0.05, 0) is 12.1 Å². The molecule has 1 aromatic carbocycles. The van der Waals surface area contributed by atoms with E-state index in [9.17, 15) is 14.4 Å². The fourth-order valence-electron chi connectivity index (χ4n) is 1.06. The lowest BCUT2D eigenvalue weighted by molar-refractivity contribution is -0.107. The molecule has 0 aliphatic rings. The van der Waals surface area contributed by atoms with Crippen LogP contribution in [0.3, 0.4) is 0 Å². The molecule has 1 aromatic rings. The third-order valence-corrected chi connectivity index (χ3v) is 1.86. The van der Waals surface area contributed by atoms with E-state index in [1.807, 2.05) is 0 Å². The molecule has 0 saturated carbocycles. The lowest BCUT2D eigenvalue weighted by Gasteiger charge is -2.02. The number of hydrogen-bond donors (Lipinski definition) is 1. The molecule has 0 fully saturated rings. The number of rotatable bonds is 5. The van der Waals surface area contributed by atoms with Gasteiger partial charge in [-0.25, -0.2) is 0 Å². The zero-order valence-electron chi connectivity index (χ0n) is 8.10. The van der Waals surface area contributed by atoms with Crippen LogP contribution < -0.4 is 5.32 Å². The van der Waals surface area contributed by atoms with Crippen molar-refractivity contribution in [3.63, 3.8) is 0 Å². The third-order valence-electron chi connectivity index (χ3n) is 1.86. The van der Waals surface area contributed by atoms with E-state index in [0.717, 1.165) is 6.29 Å². The Morgan fingerprint density at radius 2 is 1.87 bits per heavy atom. The molecule has 0 unspecified atom stereocenters. The van der Waals surface area contributed by atoms with E-state index in [0.29, 0.717) is 30.4 Å². The van der Waals surface area contributed by atoms with Crippen LogP contribution in [-0.2, 0) is 4.79 Å². The van der Waals surface area contributed by atoms with Gasteiger partial charge in [0.1, 0.15) is 12.6 Å². The maximum atomic E-state index is 11.4. The van der Waals surface area contributed by atoms with Crippen LogP contribution >= 0.6 is 0 Å². The molecule has 0 aliphatic heterocycles. The molecule has 0 heterocycles. The van der Waals surface area contributed by atoms with Gasteiger partial charge < -0.3 is 10.1 Å². The van der Waals surface area contributed by atoms with Crippen LogP contribution in [0, 0.1) is 0 Å². The zero-order chi connectivity index (χ0) is 11.1. The molecule has 0 aromatic heterocycles. The van der Waals surface area contributed by atoms with Gasteiger partial charge in [0.25, 0.3) is 5.91 Å². The minimum atomic E-state index is -0.241. The summed E-state index contributed by atoms with van der Waals surface area (Å²) in [7, 11) is 0. The zero-order valence-corrected chi connectivity index (χ0v) is 8.10. The quantitative estimate of drug-likeness (QED) is 0.571. The summed E-state index contributed by atoms with van der Waals surface area (Å²) in [6, 6.07) is 6.28. The highest BCUT2D eigenvalue weighted by molar-refractivity contribution is 5.94. The fourth-order valence-corrected chi connectivity index (χ4v) is 1.06. The first-order valence-corrected chi connectivity index (χ1v) is 4.55. The topological polar surface area (TPSA) is 63.2 Å². The largest absolute Gasteiger partial charge is 0.352 e. The number of nitrogens with one attached hydrogen (secondary N) is 1. The highest BCUT2D eigenvalue weighted by Gasteiger charge is 2.03. The second-order valence-electron chi connectivity index (χ2n) is 2.95. The van der Waals surface area contributed by atoms with Gasteiger partial charge in [-0.15, -0.1) is 0 Å². The van der Waals surface area contributed by atoms with Crippen molar-refractivity contribution < 1.29 is 14.4 Å². The highest BCUT2D eigenvalue weighted by atomic mass is 16.1. The Balaban J connectivity index is 2.57. The smallest absolute Gasteiger partial charge is 0.251 e. The van der Waals surface area contributed by atoms with Crippen LogP contribution in [0.25, 0.3) is 0 Å². The first kappa shape index (κ1) is 11.1. The van der Waals surface area contributed by atoms with Gasteiger partial charge in [0, 0.05) is 24.1 Å². The molecule has 4 nitrogen and oxygen atoms in total. The number of benzene rings is 1. The van der Waals surface area contributed by atoms with Crippen LogP contribution in [0.2, 0.25) is 0 Å². The van der Waals surface area contributed by atoms with Crippen LogP contribution in [0.15, 0.2) is 24.3 Å². The predicted molar refractivity (Wildman–Crippen MR) is 54.8 cm³/mol. The Bertz CT molecular complexity index is 357. The summed E-state index contributed by atoms with van der Waals surface area (Å²) < 4.78 is 0. The molecular formula is C11H11NO3. The summed E-state index contributed by atoms with van der Waals surface area (Å²) in [5, 5.41) is 2.58. The van der Waals surface area contributed by atoms with Gasteiger partial charge >= 0.3 is 0 Å². The van der Waals surface area contributed by atoms with Gasteiger partial charge in [0.2, 0.25) is 0 Å². The first-order valence-electron chi connectivity index (χ1n) is 4.55. The summed E-state index contributed by atoms with van der Waals surface area (Å²) in [5.41, 5.74) is 1.01. The van der Waals surface area contributed by atoms with Gasteiger partial charge in [-0.2, -0.15) is 0 Å². The Kier molecular flexibility index (Phi) is 4.22. The molecule has 0 radical (unpaired) electrons. The van der Waals surface area contributed by atoms with Crippen LogP contribution in [-0.4, -0.2) is 25.0 Å². The Hall–Kier alpha value is -1.97. The standard InChI is InChI=1S/C11H11NO3/c13-7-1-6-12-11(15)10-4-2-9(8-14)3-5-10/h2-5,7-8H,1,6H2,(H,12,15). The average Bonchev–Trinajstić information content (AvgIpc) is 2.29. The molecule has 1 N–H and O–H groups in total. The molecular weight excluding hydrogens is 194 g/mol. The SMILES string of the molecule is O=CCCNC(=O)c1ccc(C=O)cc1. The molecule has 0 spiro atoms. The van der Waals surface area contributed by atoms with Crippen LogP contribution in [0.1, 0.15) is 27.1 Å². The van der Waals surface area contributed by atoms with Crippen molar-refractivity contribution in [3.8, 4) is 0 Å². The molecule has 1 amide bonds. The van der Waals surface area contributed by atoms with Crippen molar-refractivity contribution in [2.24, 2.45) is 0 Å². The van der Waals surface area contributed by atoms with Crippen molar-refractivity contribution in [1.29, 1.82) is 0 Å². The lowest BCUT2D eigenvalue weighted by Crippen LogP contribution is -2.24. The maximum Gasteiger partial charge on any atom is 0.251 e. The third kappa shape index (κ3) is 3.34. The van der Waals surface area contributed by atoms with Crippen molar-refractivity contribution >= 4 is 18.5 Å². The molecule has 0 bridgehead atoms. The van der Waals surface area contributed by atoms with E-state index in [4.69, 9.17) is 0 Å². The predicted octanol–water partition coefficient (Wildman–Crippen LogP) is 0.818. The van der Waals surface area contributed by atoms with Crippen LogP contribution in [0.4, 0.5) is 0 Å². The van der Waals surface area contributed by atoms with E-state index in [1.165, 1.54) is 0 Å². The van der Waals surface area contributed by atoms with Crippen molar-refractivity contribution in [2.75, 3.05) is 6.54 Å². The van der Waals surface area contributed by atoms with Gasteiger partial charge in [0.05, 0.1) is 0 Å². The summed E-state index contributed by atoms with van der Waals surface area (Å²) in [5.74, 6) is -0.241. The summed E-state index contributed by atoms with van der Waals surface area (Å²) in [6.45, 7) is 0.331. The minimum absolute atomic E-state index is 0.241. The van der Waals surface area contributed by atoms with Gasteiger partial charge in [-0.1, -0.05) is 12.1 Å². The normalized spacial score (nSPS) is 9.33. The lowest BCUT2D eigenvalue weighted by atomic mass is 10.1. The second-order valence-corrected chi connectivity index (χ2v) is 2.95. The van der Waals surface area contributed by atoms with E-state index >= 15 is 0 Å². The van der Waals surface area contributed by atoms with Crippen molar-refractivity contribution in [2.45, 2.75) is 6.42 Å². The number of hydrogen-bond acceptors (Lipinski definition) is 3. The van der Waals surface area contributed by atoms with Gasteiger partial charge in [0.15, 0.2) is 0 Å². The van der Waals surface area contributed by atoms with Crippen molar-refractivity contribution in [3.05, 3.63) is 35.4 Å². The fraction of sp³-hybridized carbons (Fsp3) is 0.182. The molecule has 0 atom stereocenters.